The molecule has 1 aliphatic rings. The maximum atomic E-state index is 10.9. The molecule has 0 amide bonds. The third kappa shape index (κ3) is 3.54. The van der Waals surface area contributed by atoms with E-state index in [0.717, 1.165) is 65.6 Å². The molecule has 5 heteroatoms. The van der Waals surface area contributed by atoms with E-state index in [4.69, 9.17) is 11.0 Å². The molecular weight excluding hydrogens is 637 g/mol. The number of benzene rings is 7. The first-order valence-electron chi connectivity index (χ1n) is 17.5. The summed E-state index contributed by atoms with van der Waals surface area (Å²) >= 11 is 0. The standard InChI is InChI=1S/C47H28N4O/c1-47(2)35-16-8-4-12-28(35)33-23-34-29-13-5-9-17-38(29)51(42(34)24-36(33)47)41-25-37(49-3)43(22-27(41)26-48)50-39-18-10-6-15-32(39)45-40(50)21-20-31-30-14-7-11-19-44(30)52-46(31)45/h4-25H,1-2H3. The molecule has 0 N–H and O–H groups in total. The molecule has 0 aliphatic heterocycles. The highest BCUT2D eigenvalue weighted by atomic mass is 16.3. The summed E-state index contributed by atoms with van der Waals surface area (Å²) in [7, 11) is 0. The zero-order chi connectivity index (χ0) is 34.9. The molecule has 0 spiro atoms. The summed E-state index contributed by atoms with van der Waals surface area (Å²) in [6.45, 7) is 13.1. The Kier molecular flexibility index (Phi) is 5.53. The van der Waals surface area contributed by atoms with E-state index in [1.165, 1.54) is 22.3 Å². The van der Waals surface area contributed by atoms with Crippen molar-refractivity contribution in [2.45, 2.75) is 19.3 Å². The van der Waals surface area contributed by atoms with Crippen LogP contribution in [0.3, 0.4) is 0 Å². The fourth-order valence-electron chi connectivity index (χ4n) is 9.03. The fourth-order valence-corrected chi connectivity index (χ4v) is 9.03. The Bertz CT molecular complexity index is 3300. The number of furan rings is 1. The Balaban J connectivity index is 1.21. The topological polar surface area (TPSA) is 51.1 Å². The summed E-state index contributed by atoms with van der Waals surface area (Å²) in [6, 6.07) is 48.6. The lowest BCUT2D eigenvalue weighted by molar-refractivity contribution is 0.661. The third-order valence-electron chi connectivity index (χ3n) is 11.4. The van der Waals surface area contributed by atoms with Gasteiger partial charge in [0.2, 0.25) is 5.69 Å². The molecule has 52 heavy (non-hydrogen) atoms. The van der Waals surface area contributed by atoms with Crippen LogP contribution in [0.1, 0.15) is 30.5 Å². The van der Waals surface area contributed by atoms with E-state index < -0.39 is 0 Å². The maximum absolute atomic E-state index is 10.9. The van der Waals surface area contributed by atoms with Crippen molar-refractivity contribution in [3.63, 3.8) is 0 Å². The number of hydrogen-bond acceptors (Lipinski definition) is 2. The maximum Gasteiger partial charge on any atom is 0.212 e. The van der Waals surface area contributed by atoms with Gasteiger partial charge in [0.15, 0.2) is 0 Å². The zero-order valence-electron chi connectivity index (χ0n) is 28.4. The van der Waals surface area contributed by atoms with Gasteiger partial charge in [-0.15, -0.1) is 0 Å². The van der Waals surface area contributed by atoms with Gasteiger partial charge in [-0.2, -0.15) is 5.26 Å². The lowest BCUT2D eigenvalue weighted by Crippen LogP contribution is -2.15. The van der Waals surface area contributed by atoms with Crippen LogP contribution < -0.4 is 0 Å². The first kappa shape index (κ1) is 28.7. The van der Waals surface area contributed by atoms with Gasteiger partial charge in [-0.05, 0) is 76.9 Å². The Morgan fingerprint density at radius 3 is 2.10 bits per heavy atom. The van der Waals surface area contributed by atoms with Crippen molar-refractivity contribution in [1.82, 2.24) is 9.13 Å². The number of aromatic nitrogens is 2. The lowest BCUT2D eigenvalue weighted by Gasteiger charge is -2.22. The zero-order valence-corrected chi connectivity index (χ0v) is 28.4. The predicted octanol–water partition coefficient (Wildman–Crippen LogP) is 12.5. The molecule has 7 aromatic carbocycles. The van der Waals surface area contributed by atoms with E-state index in [-0.39, 0.29) is 5.41 Å². The van der Waals surface area contributed by atoms with Gasteiger partial charge in [-0.3, -0.25) is 0 Å². The summed E-state index contributed by atoms with van der Waals surface area (Å²) in [5, 5.41) is 17.3. The van der Waals surface area contributed by atoms with E-state index in [1.807, 2.05) is 48.5 Å². The minimum atomic E-state index is -0.188. The van der Waals surface area contributed by atoms with Crippen LogP contribution in [0.2, 0.25) is 0 Å². The summed E-state index contributed by atoms with van der Waals surface area (Å²) in [6.07, 6.45) is 0. The van der Waals surface area contributed by atoms with Crippen molar-refractivity contribution in [2.75, 3.05) is 0 Å². The number of fused-ring (bicyclic) bond motifs is 13. The largest absolute Gasteiger partial charge is 0.455 e. The number of nitriles is 1. The highest BCUT2D eigenvalue weighted by Crippen LogP contribution is 2.51. The molecule has 0 bridgehead atoms. The van der Waals surface area contributed by atoms with Crippen LogP contribution in [-0.2, 0) is 5.41 Å². The van der Waals surface area contributed by atoms with E-state index in [2.05, 4.69) is 119 Å². The van der Waals surface area contributed by atoms with Crippen LogP contribution in [0.5, 0.6) is 0 Å². The van der Waals surface area contributed by atoms with Crippen molar-refractivity contribution in [3.8, 4) is 28.6 Å². The van der Waals surface area contributed by atoms with Gasteiger partial charge in [-0.1, -0.05) is 92.7 Å². The Labute approximate surface area is 298 Å². The van der Waals surface area contributed by atoms with Gasteiger partial charge in [0.1, 0.15) is 17.2 Å². The average Bonchev–Trinajstić information content (AvgIpc) is 3.89. The van der Waals surface area contributed by atoms with Crippen LogP contribution in [-0.4, -0.2) is 9.13 Å². The van der Waals surface area contributed by atoms with E-state index in [1.54, 1.807) is 0 Å². The number of rotatable bonds is 2. The molecule has 3 heterocycles. The summed E-state index contributed by atoms with van der Waals surface area (Å²) in [4.78, 5) is 4.13. The molecule has 0 unspecified atom stereocenters. The second kappa shape index (κ2) is 10.0. The van der Waals surface area contributed by atoms with Gasteiger partial charge in [-0.25, -0.2) is 4.85 Å². The molecule has 3 aromatic heterocycles. The number of nitrogens with zero attached hydrogens (tertiary/aromatic N) is 4. The molecule has 0 fully saturated rings. The summed E-state index contributed by atoms with van der Waals surface area (Å²) in [5.74, 6) is 0. The van der Waals surface area contributed by atoms with Crippen LogP contribution in [0.25, 0.3) is 92.9 Å². The van der Waals surface area contributed by atoms with Crippen molar-refractivity contribution < 1.29 is 4.42 Å². The molecule has 0 saturated heterocycles. The molecular formula is C47H28N4O. The first-order valence-corrected chi connectivity index (χ1v) is 17.5. The van der Waals surface area contributed by atoms with E-state index >= 15 is 0 Å². The van der Waals surface area contributed by atoms with Gasteiger partial charge in [0, 0.05) is 32.3 Å². The molecule has 10 aromatic rings. The van der Waals surface area contributed by atoms with Crippen molar-refractivity contribution in [1.29, 1.82) is 5.26 Å². The first-order chi connectivity index (χ1) is 25.5. The highest BCUT2D eigenvalue weighted by molar-refractivity contribution is 6.24. The second-order valence-electron chi connectivity index (χ2n) is 14.3. The smallest absolute Gasteiger partial charge is 0.212 e. The molecule has 5 nitrogen and oxygen atoms in total. The highest BCUT2D eigenvalue weighted by Gasteiger charge is 2.36. The molecule has 0 atom stereocenters. The van der Waals surface area contributed by atoms with Crippen LogP contribution in [0.15, 0.2) is 138 Å². The normalized spacial score (nSPS) is 13.3. The molecule has 1 aliphatic carbocycles. The van der Waals surface area contributed by atoms with E-state index in [9.17, 15) is 5.26 Å². The fraction of sp³-hybridized carbons (Fsp3) is 0.0638. The molecule has 0 saturated carbocycles. The minimum Gasteiger partial charge on any atom is -0.455 e. The van der Waals surface area contributed by atoms with Crippen LogP contribution >= 0.6 is 0 Å². The molecule has 242 valence electrons. The van der Waals surface area contributed by atoms with Gasteiger partial charge in [0.05, 0.1) is 51.0 Å². The molecule has 0 radical (unpaired) electrons. The Hall–Kier alpha value is -7.08. The monoisotopic (exact) mass is 664 g/mol. The van der Waals surface area contributed by atoms with Crippen molar-refractivity contribution >= 4 is 71.2 Å². The Morgan fingerprint density at radius 1 is 0.596 bits per heavy atom. The number of para-hydroxylation sites is 3. The number of hydrogen-bond donors (Lipinski definition) is 0. The van der Waals surface area contributed by atoms with Crippen LogP contribution in [0, 0.1) is 17.9 Å². The lowest BCUT2D eigenvalue weighted by atomic mass is 9.82. The van der Waals surface area contributed by atoms with Gasteiger partial charge < -0.3 is 13.6 Å². The second-order valence-corrected chi connectivity index (χ2v) is 14.3. The minimum absolute atomic E-state index is 0.188. The Morgan fingerprint density at radius 2 is 1.29 bits per heavy atom. The van der Waals surface area contributed by atoms with Crippen molar-refractivity contribution in [2.24, 2.45) is 0 Å². The predicted molar refractivity (Wildman–Crippen MR) is 211 cm³/mol. The molecule has 11 rings (SSSR count). The van der Waals surface area contributed by atoms with Crippen LogP contribution in [0.4, 0.5) is 5.69 Å². The van der Waals surface area contributed by atoms with E-state index in [0.29, 0.717) is 22.6 Å². The van der Waals surface area contributed by atoms with Gasteiger partial charge in [0.25, 0.3) is 0 Å². The average molecular weight is 665 g/mol. The quantitative estimate of drug-likeness (QED) is 0.173. The third-order valence-corrected chi connectivity index (χ3v) is 11.4. The SMILES string of the molecule is [C-]#[N+]c1cc(-n2c3ccccc3c3cc4c(cc32)C(C)(C)c2ccccc2-4)c(C#N)cc1-n1c2ccccc2c2c3oc4ccccc4c3ccc21. The van der Waals surface area contributed by atoms with Gasteiger partial charge >= 0.3 is 0 Å². The van der Waals surface area contributed by atoms with Crippen molar-refractivity contribution in [3.05, 3.63) is 162 Å². The summed E-state index contributed by atoms with van der Waals surface area (Å²) in [5.41, 5.74) is 12.7. The summed E-state index contributed by atoms with van der Waals surface area (Å²) < 4.78 is 10.8.